The van der Waals surface area contributed by atoms with E-state index in [2.05, 4.69) is 21.4 Å². The summed E-state index contributed by atoms with van der Waals surface area (Å²) >= 11 is 0. The number of aromatic amines is 1. The highest BCUT2D eigenvalue weighted by atomic mass is 16.5. The van der Waals surface area contributed by atoms with E-state index in [1.807, 2.05) is 20.2 Å². The number of nitrogens with two attached hydrogens (primary N) is 1. The van der Waals surface area contributed by atoms with E-state index in [1.54, 1.807) is 10.9 Å². The Morgan fingerprint density at radius 3 is 3.00 bits per heavy atom. The van der Waals surface area contributed by atoms with Gasteiger partial charge in [0, 0.05) is 30.1 Å². The summed E-state index contributed by atoms with van der Waals surface area (Å²) < 4.78 is 7.07. The van der Waals surface area contributed by atoms with Crippen LogP contribution >= 0.6 is 0 Å². The molecule has 0 amide bonds. The monoisotopic (exact) mass is 256 g/mol. The summed E-state index contributed by atoms with van der Waals surface area (Å²) in [5.74, 6) is 0.222. The van der Waals surface area contributed by atoms with Crippen molar-refractivity contribution in [1.29, 1.82) is 5.26 Å². The van der Waals surface area contributed by atoms with E-state index in [0.29, 0.717) is 11.5 Å². The van der Waals surface area contributed by atoms with Crippen LogP contribution in [0.4, 0.5) is 0 Å². The summed E-state index contributed by atoms with van der Waals surface area (Å²) in [6.45, 7) is 1.88. The molecule has 2 aromatic rings. The molecule has 3 rings (SSSR count). The van der Waals surface area contributed by atoms with E-state index in [9.17, 15) is 5.26 Å². The van der Waals surface area contributed by atoms with E-state index in [4.69, 9.17) is 10.5 Å². The third-order valence-electron chi connectivity index (χ3n) is 3.19. The average Bonchev–Trinajstić information content (AvgIpc) is 2.95. The molecule has 0 unspecified atom stereocenters. The van der Waals surface area contributed by atoms with Gasteiger partial charge in [0.1, 0.15) is 11.6 Å². The van der Waals surface area contributed by atoms with Crippen molar-refractivity contribution in [2.75, 3.05) is 0 Å². The van der Waals surface area contributed by atoms with E-state index >= 15 is 0 Å². The highest BCUT2D eigenvalue weighted by Gasteiger charge is 2.34. The maximum Gasteiger partial charge on any atom is 0.244 e. The number of aryl methyl sites for hydroxylation is 2. The zero-order valence-corrected chi connectivity index (χ0v) is 10.5. The zero-order valence-electron chi connectivity index (χ0n) is 10.5. The number of nitrogens with one attached hydrogen (secondary N) is 1. The Morgan fingerprint density at radius 1 is 1.58 bits per heavy atom. The number of fused-ring (bicyclic) bond motifs is 1. The summed E-state index contributed by atoms with van der Waals surface area (Å²) in [5, 5.41) is 20.4. The van der Waals surface area contributed by atoms with Gasteiger partial charge in [-0.25, -0.2) is 0 Å². The molecule has 0 bridgehead atoms. The number of ether oxygens (including phenoxy) is 1. The van der Waals surface area contributed by atoms with Crippen molar-refractivity contribution in [3.8, 4) is 11.9 Å². The van der Waals surface area contributed by atoms with Crippen molar-refractivity contribution in [1.82, 2.24) is 20.0 Å². The van der Waals surface area contributed by atoms with Gasteiger partial charge in [-0.15, -0.1) is 5.10 Å². The highest BCUT2D eigenvalue weighted by molar-refractivity contribution is 5.54. The Labute approximate surface area is 109 Å². The Hall–Kier alpha value is -2.75. The fourth-order valence-electron chi connectivity index (χ4n) is 2.32. The van der Waals surface area contributed by atoms with Crippen molar-refractivity contribution in [2.24, 2.45) is 12.8 Å². The van der Waals surface area contributed by atoms with Crippen LogP contribution in [0.5, 0.6) is 5.88 Å². The summed E-state index contributed by atoms with van der Waals surface area (Å²) in [7, 11) is 1.82. The topological polar surface area (TPSA) is 106 Å². The largest absolute Gasteiger partial charge is 0.420 e. The van der Waals surface area contributed by atoms with Gasteiger partial charge < -0.3 is 10.5 Å². The fourth-order valence-corrected chi connectivity index (χ4v) is 2.32. The first-order chi connectivity index (χ1) is 9.11. The van der Waals surface area contributed by atoms with Gasteiger partial charge in [-0.1, -0.05) is 0 Å². The first kappa shape index (κ1) is 11.3. The number of rotatable bonds is 1. The van der Waals surface area contributed by atoms with Crippen LogP contribution in [0.1, 0.15) is 22.7 Å². The lowest BCUT2D eigenvalue weighted by molar-refractivity contribution is 0.379. The van der Waals surface area contributed by atoms with Crippen molar-refractivity contribution < 1.29 is 4.74 Å². The number of allylic oxidation sites excluding steroid dienone is 1. The average molecular weight is 256 g/mol. The Morgan fingerprint density at radius 2 is 2.37 bits per heavy atom. The Kier molecular flexibility index (Phi) is 2.32. The molecule has 0 aromatic carbocycles. The number of hydrogen-bond donors (Lipinski definition) is 2. The molecule has 7 nitrogen and oxygen atoms in total. The molecule has 0 fully saturated rings. The van der Waals surface area contributed by atoms with Gasteiger partial charge in [-0.2, -0.15) is 10.4 Å². The normalized spacial score (nSPS) is 17.8. The standard InChI is InChI=1S/C12H12N6O/c1-6-9-10(7-4-15-18(2)5-7)8(3-13)11(14)19-12(9)17-16-6/h4-5,10H,14H2,1-2H3,(H,16,17)/t10-/m1/s1. The molecule has 0 radical (unpaired) electrons. The van der Waals surface area contributed by atoms with E-state index in [0.717, 1.165) is 16.8 Å². The molecule has 3 N–H and O–H groups in total. The molecule has 1 aliphatic rings. The van der Waals surface area contributed by atoms with Crippen LogP contribution in [0, 0.1) is 18.3 Å². The molecule has 0 spiro atoms. The minimum Gasteiger partial charge on any atom is -0.420 e. The van der Waals surface area contributed by atoms with Crippen LogP contribution in [0.2, 0.25) is 0 Å². The molecule has 19 heavy (non-hydrogen) atoms. The molecule has 96 valence electrons. The fraction of sp³-hybridized carbons (Fsp3) is 0.250. The first-order valence-corrected chi connectivity index (χ1v) is 5.72. The minimum absolute atomic E-state index is 0.0929. The molecule has 0 saturated carbocycles. The maximum absolute atomic E-state index is 9.33. The van der Waals surface area contributed by atoms with Crippen LogP contribution in [-0.4, -0.2) is 20.0 Å². The molecule has 1 aliphatic heterocycles. The lowest BCUT2D eigenvalue weighted by Gasteiger charge is -2.22. The smallest absolute Gasteiger partial charge is 0.244 e. The van der Waals surface area contributed by atoms with Gasteiger partial charge in [0.25, 0.3) is 0 Å². The van der Waals surface area contributed by atoms with Crippen molar-refractivity contribution in [3.63, 3.8) is 0 Å². The Balaban J connectivity index is 2.24. The van der Waals surface area contributed by atoms with Gasteiger partial charge in [-0.05, 0) is 6.92 Å². The quantitative estimate of drug-likeness (QED) is 0.780. The van der Waals surface area contributed by atoms with Crippen LogP contribution in [0.15, 0.2) is 23.8 Å². The van der Waals surface area contributed by atoms with Crippen molar-refractivity contribution >= 4 is 0 Å². The van der Waals surface area contributed by atoms with Gasteiger partial charge in [-0.3, -0.25) is 9.78 Å². The van der Waals surface area contributed by atoms with Crippen LogP contribution < -0.4 is 10.5 Å². The Bertz CT molecular complexity index is 717. The van der Waals surface area contributed by atoms with Crippen LogP contribution in [0.25, 0.3) is 0 Å². The molecule has 0 aliphatic carbocycles. The summed E-state index contributed by atoms with van der Waals surface area (Å²) in [6, 6.07) is 2.12. The van der Waals surface area contributed by atoms with E-state index in [1.165, 1.54) is 0 Å². The van der Waals surface area contributed by atoms with E-state index < -0.39 is 0 Å². The summed E-state index contributed by atoms with van der Waals surface area (Å²) in [6.07, 6.45) is 3.58. The molecular weight excluding hydrogens is 244 g/mol. The van der Waals surface area contributed by atoms with Crippen LogP contribution in [0.3, 0.4) is 0 Å². The first-order valence-electron chi connectivity index (χ1n) is 5.72. The molecule has 2 aromatic heterocycles. The predicted octanol–water partition coefficient (Wildman–Crippen LogP) is 0.670. The number of nitriles is 1. The molecular formula is C12H12N6O. The second kappa shape index (κ2) is 3.88. The third kappa shape index (κ3) is 1.57. The minimum atomic E-state index is -0.291. The molecule has 7 heteroatoms. The number of hydrogen-bond acceptors (Lipinski definition) is 5. The molecule has 0 saturated heterocycles. The second-order valence-electron chi connectivity index (χ2n) is 4.44. The highest BCUT2D eigenvalue weighted by Crippen LogP contribution is 2.42. The number of nitrogens with zero attached hydrogens (tertiary/aromatic N) is 4. The van der Waals surface area contributed by atoms with Gasteiger partial charge in [0.2, 0.25) is 11.8 Å². The predicted molar refractivity (Wildman–Crippen MR) is 65.8 cm³/mol. The molecule has 3 heterocycles. The lowest BCUT2D eigenvalue weighted by Crippen LogP contribution is -2.20. The number of H-pyrrole nitrogens is 1. The summed E-state index contributed by atoms with van der Waals surface area (Å²) in [5.41, 5.74) is 8.75. The molecule has 1 atom stereocenters. The maximum atomic E-state index is 9.33. The van der Waals surface area contributed by atoms with Gasteiger partial charge in [0.15, 0.2) is 0 Å². The SMILES string of the molecule is Cc1[nH]nc2c1[C@H](c1cnn(C)c1)C(C#N)=C(N)O2. The number of aromatic nitrogens is 4. The lowest BCUT2D eigenvalue weighted by atomic mass is 9.86. The second-order valence-corrected chi connectivity index (χ2v) is 4.44. The van der Waals surface area contributed by atoms with Gasteiger partial charge in [0.05, 0.1) is 12.1 Å². The van der Waals surface area contributed by atoms with E-state index in [-0.39, 0.29) is 11.8 Å². The third-order valence-corrected chi connectivity index (χ3v) is 3.19. The van der Waals surface area contributed by atoms with Crippen molar-refractivity contribution in [2.45, 2.75) is 12.8 Å². The summed E-state index contributed by atoms with van der Waals surface area (Å²) in [4.78, 5) is 0. The zero-order chi connectivity index (χ0) is 13.6. The van der Waals surface area contributed by atoms with Gasteiger partial charge >= 0.3 is 0 Å². The van der Waals surface area contributed by atoms with Crippen LogP contribution in [-0.2, 0) is 7.05 Å². The van der Waals surface area contributed by atoms with Crippen molar-refractivity contribution in [3.05, 3.63) is 40.7 Å².